The standard InChI is InChI=1S/4C18H15P.2Pd/c4*1-4-10-16(11-5-1)19(17-12-6-2-7-13-17)18-14-8-3-9-15-18;;/h4*1-15H;;/q;;;;;-4/p+4. The molecule has 0 aliphatic rings. The fraction of sp³-hybridized carbons (Fsp3) is 0. The van der Waals surface area contributed by atoms with Crippen molar-refractivity contribution in [3.8, 4) is 0 Å². The first kappa shape index (κ1) is 53.7. The van der Waals surface area contributed by atoms with E-state index in [9.17, 15) is 0 Å². The van der Waals surface area contributed by atoms with Gasteiger partial charge in [0.15, 0.2) is 0 Å². The van der Waals surface area contributed by atoms with Gasteiger partial charge in [-0.3, -0.25) is 0 Å². The van der Waals surface area contributed by atoms with E-state index in [0.717, 1.165) is 0 Å². The summed E-state index contributed by atoms with van der Waals surface area (Å²) in [5, 5.41) is 17.4. The van der Waals surface area contributed by atoms with E-state index in [2.05, 4.69) is 364 Å². The second-order valence-electron chi connectivity index (χ2n) is 19.3. The number of rotatable bonds is 16. The molecule has 12 rings (SSSR count). The first-order valence-corrected chi connectivity index (χ1v) is 43.2. The Kier molecular flexibility index (Phi) is 16.5. The summed E-state index contributed by atoms with van der Waals surface area (Å²) in [6.45, 7) is 0. The molecule has 392 valence electrons. The van der Waals surface area contributed by atoms with Crippen molar-refractivity contribution >= 4 is 85.5 Å². The van der Waals surface area contributed by atoms with Crippen molar-refractivity contribution < 1.29 is 34.0 Å². The van der Waals surface area contributed by atoms with E-state index in [1.807, 2.05) is 0 Å². The van der Waals surface area contributed by atoms with E-state index in [4.69, 9.17) is 0 Å². The molecule has 78 heavy (non-hydrogen) atoms. The quantitative estimate of drug-likeness (QED) is 0.0668. The molecule has 0 amide bonds. The zero-order chi connectivity index (χ0) is 51.9. The average Bonchev–Trinajstić information content (AvgIpc) is 3.71. The van der Waals surface area contributed by atoms with Crippen molar-refractivity contribution in [3.63, 3.8) is 0 Å². The molecule has 0 aliphatic heterocycles. The van der Waals surface area contributed by atoms with Crippen LogP contribution in [0.2, 0.25) is 0 Å². The van der Waals surface area contributed by atoms with Crippen LogP contribution in [0.3, 0.4) is 0 Å². The third-order valence-electron chi connectivity index (χ3n) is 15.3. The Morgan fingerprint density at radius 2 is 0.205 bits per heavy atom. The summed E-state index contributed by atoms with van der Waals surface area (Å²) in [6.07, 6.45) is 0. The third-order valence-corrected chi connectivity index (χ3v) is 119. The first-order valence-electron chi connectivity index (χ1n) is 26.6. The fourth-order valence-electron chi connectivity index (χ4n) is 12.6. The number of benzene rings is 12. The van der Waals surface area contributed by atoms with Crippen LogP contribution in [-0.2, 0) is 34.0 Å². The Balaban J connectivity index is 0.00000645. The molecule has 0 saturated carbocycles. The van der Waals surface area contributed by atoms with Crippen LogP contribution in [0.1, 0.15) is 0 Å². The normalized spacial score (nSPS) is 13.8. The van der Waals surface area contributed by atoms with Crippen molar-refractivity contribution in [2.75, 3.05) is 0 Å². The van der Waals surface area contributed by atoms with E-state index < -0.39 is 35.4 Å². The van der Waals surface area contributed by atoms with E-state index in [1.54, 1.807) is 0 Å². The molecule has 0 spiro atoms. The van der Waals surface area contributed by atoms with Crippen molar-refractivity contribution in [1.82, 2.24) is 0 Å². The van der Waals surface area contributed by atoms with Gasteiger partial charge in [0.2, 0.25) is 0 Å². The van der Waals surface area contributed by atoms with Gasteiger partial charge in [0.05, 0.1) is 0 Å². The van der Waals surface area contributed by atoms with Gasteiger partial charge in [-0.05, 0) is 0 Å². The molecule has 6 heteroatoms. The minimum atomic E-state index is -4.52. The van der Waals surface area contributed by atoms with E-state index in [-0.39, 0.29) is 20.4 Å². The molecule has 12 aromatic rings. The molecule has 0 saturated heterocycles. The number of hydrogen-bond donors (Lipinski definition) is 0. The zero-order valence-corrected chi connectivity index (χ0v) is 50.4. The van der Waals surface area contributed by atoms with Gasteiger partial charge in [-0.15, -0.1) is 0 Å². The summed E-state index contributed by atoms with van der Waals surface area (Å²) in [6, 6.07) is 146. The molecule has 12 aromatic carbocycles. The summed E-state index contributed by atoms with van der Waals surface area (Å²) < 4.78 is 0. The molecule has 0 fully saturated rings. The molecular weight excluding hydrogens is 1200 g/mol. The molecule has 0 radical (unpaired) electrons. The summed E-state index contributed by atoms with van der Waals surface area (Å²) in [4.78, 5) is 0. The Labute approximate surface area is 479 Å². The Hall–Kier alpha value is -6.32. The molecule has 0 atom stereocenters. The number of hydrogen-bond acceptors (Lipinski definition) is 0. The zero-order valence-electron chi connectivity index (χ0n) is 43.3. The SMILES string of the molecule is [Pd].c1ccc([PH](c2ccccc2)(c2ccccc2)[Pd]([PH](c2ccccc2)(c2ccccc2)c2ccccc2)([PH](c2ccccc2)(c2ccccc2)c2ccccc2)[PH](c2ccccc2)(c2ccccc2)c2ccccc2)cc1. The summed E-state index contributed by atoms with van der Waals surface area (Å²) >= 11 is -4.52. The van der Waals surface area contributed by atoms with Gasteiger partial charge < -0.3 is 0 Å². The van der Waals surface area contributed by atoms with E-state index in [0.29, 0.717) is 0 Å². The second kappa shape index (κ2) is 24.0. The van der Waals surface area contributed by atoms with Crippen LogP contribution in [0.5, 0.6) is 0 Å². The van der Waals surface area contributed by atoms with E-state index in [1.165, 1.54) is 63.7 Å². The van der Waals surface area contributed by atoms with Gasteiger partial charge in [-0.2, -0.15) is 0 Å². The van der Waals surface area contributed by atoms with Crippen LogP contribution in [0.15, 0.2) is 364 Å². The maximum absolute atomic E-state index is 4.52. The monoisotopic (exact) mass is 1260 g/mol. The Morgan fingerprint density at radius 1 is 0.128 bits per heavy atom. The Morgan fingerprint density at radius 3 is 0.282 bits per heavy atom. The third kappa shape index (κ3) is 8.41. The van der Waals surface area contributed by atoms with Gasteiger partial charge in [-0.25, -0.2) is 0 Å². The van der Waals surface area contributed by atoms with Gasteiger partial charge in [-0.1, -0.05) is 0 Å². The van der Waals surface area contributed by atoms with Gasteiger partial charge in [0, 0.05) is 20.4 Å². The van der Waals surface area contributed by atoms with Gasteiger partial charge >= 0.3 is 463 Å². The molecule has 0 bridgehead atoms. The minimum absolute atomic E-state index is 0. The van der Waals surface area contributed by atoms with Crippen LogP contribution in [0.25, 0.3) is 0 Å². The maximum atomic E-state index is 2.59. The van der Waals surface area contributed by atoms with Crippen molar-refractivity contribution in [1.29, 1.82) is 0 Å². The van der Waals surface area contributed by atoms with E-state index >= 15 is 0 Å². The van der Waals surface area contributed by atoms with Crippen molar-refractivity contribution in [3.05, 3.63) is 364 Å². The molecule has 0 N–H and O–H groups in total. The molecule has 0 aromatic heterocycles. The average molecular weight is 1270 g/mol. The molecule has 0 heterocycles. The molecule has 0 nitrogen and oxygen atoms in total. The van der Waals surface area contributed by atoms with Gasteiger partial charge in [0.1, 0.15) is 0 Å². The van der Waals surface area contributed by atoms with Gasteiger partial charge in [0.25, 0.3) is 0 Å². The molecule has 0 unspecified atom stereocenters. The fourth-order valence-corrected chi connectivity index (χ4v) is 175. The molecule has 0 aliphatic carbocycles. The van der Waals surface area contributed by atoms with Crippen molar-refractivity contribution in [2.45, 2.75) is 0 Å². The summed E-state index contributed by atoms with van der Waals surface area (Å²) in [5.74, 6) is 0. The first-order chi connectivity index (χ1) is 38.3. The molecular formula is C72H64P4Pd2. The van der Waals surface area contributed by atoms with Crippen LogP contribution < -0.4 is 63.7 Å². The Bertz CT molecular complexity index is 2860. The topological polar surface area (TPSA) is 0 Å². The predicted molar refractivity (Wildman–Crippen MR) is 346 cm³/mol. The van der Waals surface area contributed by atoms with Crippen molar-refractivity contribution in [2.24, 2.45) is 0 Å². The van der Waals surface area contributed by atoms with Crippen LogP contribution in [0, 0.1) is 0 Å². The summed E-state index contributed by atoms with van der Waals surface area (Å²) in [7, 11) is 0. The van der Waals surface area contributed by atoms with Crippen LogP contribution >= 0.6 is 21.8 Å². The van der Waals surface area contributed by atoms with Crippen LogP contribution in [0.4, 0.5) is 0 Å². The summed E-state index contributed by atoms with van der Waals surface area (Å²) in [5.41, 5.74) is -15.7. The second-order valence-corrected chi connectivity index (χ2v) is 69.9. The predicted octanol–water partition coefficient (Wildman–Crippen LogP) is 12.7. The van der Waals surface area contributed by atoms with Crippen LogP contribution in [-0.4, -0.2) is 0 Å².